The molecule has 0 saturated heterocycles. The van der Waals surface area contributed by atoms with E-state index < -0.39 is 0 Å². The Balaban J connectivity index is 2.01. The number of hydrogen-bond acceptors (Lipinski definition) is 4. The van der Waals surface area contributed by atoms with Crippen molar-refractivity contribution >= 4 is 11.8 Å². The van der Waals surface area contributed by atoms with Gasteiger partial charge in [0.25, 0.3) is 0 Å². The highest BCUT2D eigenvalue weighted by Gasteiger charge is 2.24. The lowest BCUT2D eigenvalue weighted by atomic mass is 10.0. The van der Waals surface area contributed by atoms with Gasteiger partial charge in [-0.2, -0.15) is 0 Å². The maximum Gasteiger partial charge on any atom is 0.187 e. The van der Waals surface area contributed by atoms with E-state index in [4.69, 9.17) is 5.73 Å². The lowest BCUT2D eigenvalue weighted by molar-refractivity contribution is 0.483. The van der Waals surface area contributed by atoms with Crippen molar-refractivity contribution in [2.45, 2.75) is 49.4 Å². The molecule has 2 atom stereocenters. The first-order chi connectivity index (χ1) is 8.29. The van der Waals surface area contributed by atoms with Gasteiger partial charge in [-0.25, -0.2) is 9.97 Å². The number of rotatable bonds is 3. The lowest BCUT2D eigenvalue weighted by Crippen LogP contribution is -2.24. The average molecular weight is 251 g/mol. The molecule has 4 heteroatoms. The van der Waals surface area contributed by atoms with Crippen LogP contribution in [0.1, 0.15) is 37.7 Å². The molecule has 0 aliphatic heterocycles. The van der Waals surface area contributed by atoms with Crippen LogP contribution in [0.3, 0.4) is 0 Å². The maximum absolute atomic E-state index is 5.89. The number of aromatic nitrogens is 2. The topological polar surface area (TPSA) is 51.8 Å². The highest BCUT2D eigenvalue weighted by molar-refractivity contribution is 7.99. The van der Waals surface area contributed by atoms with Crippen LogP contribution in [0.2, 0.25) is 0 Å². The first kappa shape index (κ1) is 12.8. The zero-order chi connectivity index (χ0) is 12.1. The molecule has 1 aliphatic carbocycles. The molecule has 94 valence electrons. The van der Waals surface area contributed by atoms with Crippen molar-refractivity contribution in [1.29, 1.82) is 0 Å². The predicted molar refractivity (Wildman–Crippen MR) is 72.0 cm³/mol. The van der Waals surface area contributed by atoms with E-state index in [1.807, 2.05) is 31.1 Å². The van der Waals surface area contributed by atoms with Crippen LogP contribution >= 0.6 is 11.8 Å². The fraction of sp³-hybridized carbons (Fsp3) is 0.692. The van der Waals surface area contributed by atoms with Gasteiger partial charge in [0.1, 0.15) is 0 Å². The largest absolute Gasteiger partial charge is 0.330 e. The summed E-state index contributed by atoms with van der Waals surface area (Å²) in [6.07, 6.45) is 10.3. The van der Waals surface area contributed by atoms with Crippen LogP contribution in [0.4, 0.5) is 0 Å². The SMILES string of the molecule is Cc1cnc(SC2CCCCCC2CN)nc1. The summed E-state index contributed by atoms with van der Waals surface area (Å²) in [4.78, 5) is 8.77. The van der Waals surface area contributed by atoms with Gasteiger partial charge in [-0.05, 0) is 37.8 Å². The molecular formula is C13H21N3S. The molecule has 0 radical (unpaired) electrons. The van der Waals surface area contributed by atoms with E-state index in [-0.39, 0.29) is 0 Å². The van der Waals surface area contributed by atoms with Crippen molar-refractivity contribution in [3.63, 3.8) is 0 Å². The van der Waals surface area contributed by atoms with Crippen LogP contribution in [0.15, 0.2) is 17.6 Å². The number of nitrogens with zero attached hydrogens (tertiary/aromatic N) is 2. The molecule has 0 bridgehead atoms. The second-order valence-corrected chi connectivity index (χ2v) is 6.04. The molecule has 1 heterocycles. The Kier molecular flexibility index (Phi) is 4.80. The first-order valence-electron chi connectivity index (χ1n) is 6.45. The van der Waals surface area contributed by atoms with Crippen molar-refractivity contribution in [2.75, 3.05) is 6.54 Å². The van der Waals surface area contributed by atoms with Gasteiger partial charge >= 0.3 is 0 Å². The Hall–Kier alpha value is -0.610. The monoisotopic (exact) mass is 251 g/mol. The molecule has 2 N–H and O–H groups in total. The molecule has 2 unspecified atom stereocenters. The molecule has 1 saturated carbocycles. The van der Waals surface area contributed by atoms with E-state index in [1.165, 1.54) is 32.1 Å². The molecular weight excluding hydrogens is 230 g/mol. The fourth-order valence-electron chi connectivity index (χ4n) is 2.35. The zero-order valence-corrected chi connectivity index (χ0v) is 11.2. The van der Waals surface area contributed by atoms with E-state index in [0.717, 1.165) is 17.3 Å². The van der Waals surface area contributed by atoms with Gasteiger partial charge in [0, 0.05) is 17.6 Å². The fourth-order valence-corrected chi connectivity index (χ4v) is 3.57. The number of hydrogen-bond donors (Lipinski definition) is 1. The molecule has 0 spiro atoms. The Bertz CT molecular complexity index is 339. The highest BCUT2D eigenvalue weighted by atomic mass is 32.2. The third-order valence-electron chi connectivity index (χ3n) is 3.41. The minimum absolute atomic E-state index is 0.602. The number of nitrogens with two attached hydrogens (primary N) is 1. The average Bonchev–Trinajstić information content (AvgIpc) is 2.57. The van der Waals surface area contributed by atoms with Crippen molar-refractivity contribution in [2.24, 2.45) is 11.7 Å². The van der Waals surface area contributed by atoms with Crippen molar-refractivity contribution < 1.29 is 0 Å². The quantitative estimate of drug-likeness (QED) is 0.663. The van der Waals surface area contributed by atoms with Crippen LogP contribution < -0.4 is 5.73 Å². The maximum atomic E-state index is 5.89. The third kappa shape index (κ3) is 3.68. The Morgan fingerprint density at radius 2 is 1.94 bits per heavy atom. The van der Waals surface area contributed by atoms with Crippen LogP contribution in [-0.4, -0.2) is 21.8 Å². The number of aryl methyl sites for hydroxylation is 1. The Morgan fingerprint density at radius 1 is 1.24 bits per heavy atom. The van der Waals surface area contributed by atoms with Crippen LogP contribution in [-0.2, 0) is 0 Å². The summed E-state index contributed by atoms with van der Waals surface area (Å²) in [7, 11) is 0. The molecule has 3 nitrogen and oxygen atoms in total. The second kappa shape index (κ2) is 6.36. The molecule has 17 heavy (non-hydrogen) atoms. The minimum atomic E-state index is 0.602. The van der Waals surface area contributed by atoms with E-state index >= 15 is 0 Å². The second-order valence-electron chi connectivity index (χ2n) is 4.83. The summed E-state index contributed by atoms with van der Waals surface area (Å²) < 4.78 is 0. The summed E-state index contributed by atoms with van der Waals surface area (Å²) in [5.74, 6) is 0.632. The molecule has 1 aromatic rings. The van der Waals surface area contributed by atoms with Gasteiger partial charge in [-0.1, -0.05) is 31.0 Å². The van der Waals surface area contributed by atoms with Crippen LogP contribution in [0.25, 0.3) is 0 Å². The van der Waals surface area contributed by atoms with Crippen molar-refractivity contribution in [1.82, 2.24) is 9.97 Å². The first-order valence-corrected chi connectivity index (χ1v) is 7.33. The smallest absolute Gasteiger partial charge is 0.187 e. The molecule has 1 aromatic heterocycles. The van der Waals surface area contributed by atoms with Gasteiger partial charge in [0.15, 0.2) is 5.16 Å². The van der Waals surface area contributed by atoms with E-state index in [1.54, 1.807) is 0 Å². The molecule has 2 rings (SSSR count). The summed E-state index contributed by atoms with van der Waals surface area (Å²) in [5.41, 5.74) is 7.00. The van der Waals surface area contributed by atoms with Gasteiger partial charge < -0.3 is 5.73 Å². The summed E-state index contributed by atoms with van der Waals surface area (Å²) in [6, 6.07) is 0. The van der Waals surface area contributed by atoms with Gasteiger partial charge in [0.2, 0.25) is 0 Å². The standard InChI is InChI=1S/C13H21N3S/c1-10-8-15-13(16-9-10)17-12-6-4-2-3-5-11(12)7-14/h8-9,11-12H,2-7,14H2,1H3. The van der Waals surface area contributed by atoms with Gasteiger partial charge in [-0.3, -0.25) is 0 Å². The summed E-state index contributed by atoms with van der Waals surface area (Å²) >= 11 is 1.82. The zero-order valence-electron chi connectivity index (χ0n) is 10.4. The minimum Gasteiger partial charge on any atom is -0.330 e. The molecule has 0 amide bonds. The van der Waals surface area contributed by atoms with Gasteiger partial charge in [0.05, 0.1) is 0 Å². The van der Waals surface area contributed by atoms with E-state index in [9.17, 15) is 0 Å². The molecule has 1 aliphatic rings. The number of thioether (sulfide) groups is 1. The van der Waals surface area contributed by atoms with Crippen LogP contribution in [0.5, 0.6) is 0 Å². The van der Waals surface area contributed by atoms with E-state index in [2.05, 4.69) is 9.97 Å². The van der Waals surface area contributed by atoms with Crippen LogP contribution in [0, 0.1) is 12.8 Å². The molecule has 0 aromatic carbocycles. The Labute approximate surface area is 108 Å². The normalized spacial score (nSPS) is 25.5. The Morgan fingerprint density at radius 3 is 2.65 bits per heavy atom. The van der Waals surface area contributed by atoms with Crippen molar-refractivity contribution in [3.05, 3.63) is 18.0 Å². The lowest BCUT2D eigenvalue weighted by Gasteiger charge is -2.22. The summed E-state index contributed by atoms with van der Waals surface area (Å²) in [5, 5.41) is 1.51. The highest BCUT2D eigenvalue weighted by Crippen LogP contribution is 2.34. The summed E-state index contributed by atoms with van der Waals surface area (Å²) in [6.45, 7) is 2.81. The predicted octanol–water partition coefficient (Wildman–Crippen LogP) is 2.78. The molecule has 1 fully saturated rings. The van der Waals surface area contributed by atoms with Crippen molar-refractivity contribution in [3.8, 4) is 0 Å². The van der Waals surface area contributed by atoms with Gasteiger partial charge in [-0.15, -0.1) is 0 Å². The third-order valence-corrected chi connectivity index (χ3v) is 4.75. The van der Waals surface area contributed by atoms with E-state index in [0.29, 0.717) is 11.2 Å².